The predicted octanol–water partition coefficient (Wildman–Crippen LogP) is -0.537. The molecule has 0 heterocycles. The topological polar surface area (TPSA) is 130 Å². The summed E-state index contributed by atoms with van der Waals surface area (Å²) in [6, 6.07) is 4.86. The van der Waals surface area contributed by atoms with Crippen LogP contribution in [0.2, 0.25) is 0 Å². The van der Waals surface area contributed by atoms with Crippen LogP contribution in [0, 0.1) is 5.92 Å². The highest BCUT2D eigenvalue weighted by molar-refractivity contribution is 9.10. The molecule has 0 aromatic heterocycles. The fourth-order valence-electron chi connectivity index (χ4n) is 1.88. The molecule has 122 valence electrons. The van der Waals surface area contributed by atoms with Gasteiger partial charge >= 0.3 is 0 Å². The average molecular weight is 373 g/mol. The molecule has 0 atom stereocenters. The zero-order valence-electron chi connectivity index (χ0n) is 12.1. The first-order chi connectivity index (χ1) is 10.5. The smallest absolute Gasteiger partial charge is 0.232 e. The number of rotatable bonds is 8. The molecule has 1 aromatic rings. The number of benzene rings is 1. The van der Waals surface area contributed by atoms with Crippen LogP contribution in [0.4, 0.5) is 0 Å². The first kappa shape index (κ1) is 18.4. The van der Waals surface area contributed by atoms with Gasteiger partial charge in [-0.2, -0.15) is 0 Å². The maximum absolute atomic E-state index is 12.2. The molecule has 0 fully saturated rings. The van der Waals surface area contributed by atoms with Crippen molar-refractivity contribution in [3.63, 3.8) is 0 Å². The van der Waals surface area contributed by atoms with Crippen molar-refractivity contribution in [2.45, 2.75) is 6.42 Å². The van der Waals surface area contributed by atoms with Crippen molar-refractivity contribution in [2.24, 2.45) is 17.4 Å². The molecule has 8 heteroatoms. The summed E-state index contributed by atoms with van der Waals surface area (Å²) in [4.78, 5) is 24.3. The second kappa shape index (κ2) is 9.39. The van der Waals surface area contributed by atoms with Crippen LogP contribution in [0.25, 0.3) is 0 Å². The molecule has 1 aromatic carbocycles. The third-order valence-corrected chi connectivity index (χ3v) is 3.48. The quantitative estimate of drug-likeness (QED) is 0.391. The van der Waals surface area contributed by atoms with Gasteiger partial charge in [-0.15, -0.1) is 0 Å². The monoisotopic (exact) mass is 372 g/mol. The van der Waals surface area contributed by atoms with Gasteiger partial charge in [-0.05, 0) is 30.2 Å². The molecule has 0 radical (unpaired) electrons. The molecular weight excluding hydrogens is 352 g/mol. The molecule has 2 amide bonds. The van der Waals surface area contributed by atoms with Crippen LogP contribution in [0.5, 0.6) is 5.75 Å². The first-order valence-corrected chi connectivity index (χ1v) is 7.71. The zero-order chi connectivity index (χ0) is 16.5. The van der Waals surface area contributed by atoms with E-state index in [1.807, 2.05) is 0 Å². The SMILES string of the molecule is NCCNC(=O)C(Cc1cc(Br)ccc1O)C(=O)NCCN. The summed E-state index contributed by atoms with van der Waals surface area (Å²) < 4.78 is 0.754. The number of phenolic OH excluding ortho intramolecular Hbond substituents is 1. The summed E-state index contributed by atoms with van der Waals surface area (Å²) >= 11 is 3.30. The summed E-state index contributed by atoms with van der Waals surface area (Å²) in [5.41, 5.74) is 11.2. The molecule has 0 saturated carbocycles. The van der Waals surface area contributed by atoms with Gasteiger partial charge in [0.05, 0.1) is 0 Å². The highest BCUT2D eigenvalue weighted by Gasteiger charge is 2.27. The zero-order valence-corrected chi connectivity index (χ0v) is 13.7. The molecule has 0 aliphatic rings. The molecule has 0 spiro atoms. The standard InChI is InChI=1S/C14H21BrN4O3/c15-10-1-2-12(20)9(7-10)8-11(13(21)18-5-3-16)14(22)19-6-4-17/h1-2,7,11,20H,3-6,8,16-17H2,(H,18,21)(H,19,22). The van der Waals surface area contributed by atoms with Gasteiger partial charge in [0.1, 0.15) is 11.7 Å². The van der Waals surface area contributed by atoms with E-state index < -0.39 is 17.7 Å². The van der Waals surface area contributed by atoms with Crippen molar-refractivity contribution >= 4 is 27.7 Å². The van der Waals surface area contributed by atoms with E-state index in [-0.39, 0.29) is 38.3 Å². The normalized spacial score (nSPS) is 10.5. The van der Waals surface area contributed by atoms with Crippen LogP contribution in [-0.2, 0) is 16.0 Å². The summed E-state index contributed by atoms with van der Waals surface area (Å²) in [6.45, 7) is 1.13. The molecule has 0 aliphatic heterocycles. The summed E-state index contributed by atoms with van der Waals surface area (Å²) in [5, 5.41) is 15.1. The fraction of sp³-hybridized carbons (Fsp3) is 0.429. The van der Waals surface area contributed by atoms with Crippen molar-refractivity contribution in [1.82, 2.24) is 10.6 Å². The molecule has 0 aliphatic carbocycles. The Morgan fingerprint density at radius 1 is 1.14 bits per heavy atom. The van der Waals surface area contributed by atoms with Crippen molar-refractivity contribution in [3.05, 3.63) is 28.2 Å². The van der Waals surface area contributed by atoms with E-state index >= 15 is 0 Å². The maximum atomic E-state index is 12.2. The predicted molar refractivity (Wildman–Crippen MR) is 87.1 cm³/mol. The number of nitrogens with two attached hydrogens (primary N) is 2. The van der Waals surface area contributed by atoms with Gasteiger partial charge in [-0.25, -0.2) is 0 Å². The van der Waals surface area contributed by atoms with E-state index in [9.17, 15) is 14.7 Å². The minimum Gasteiger partial charge on any atom is -0.508 e. The summed E-state index contributed by atoms with van der Waals surface area (Å²) in [6.07, 6.45) is 0.0814. The summed E-state index contributed by atoms with van der Waals surface area (Å²) in [5.74, 6) is -1.79. The minimum atomic E-state index is -0.960. The lowest BCUT2D eigenvalue weighted by Gasteiger charge is -2.17. The molecule has 0 unspecified atom stereocenters. The van der Waals surface area contributed by atoms with E-state index in [1.165, 1.54) is 6.07 Å². The number of phenols is 1. The van der Waals surface area contributed by atoms with E-state index in [0.29, 0.717) is 5.56 Å². The van der Waals surface area contributed by atoms with Crippen LogP contribution in [-0.4, -0.2) is 43.1 Å². The Morgan fingerprint density at radius 2 is 1.68 bits per heavy atom. The highest BCUT2D eigenvalue weighted by Crippen LogP contribution is 2.24. The first-order valence-electron chi connectivity index (χ1n) is 6.92. The molecule has 0 saturated heterocycles. The number of aromatic hydroxyl groups is 1. The van der Waals surface area contributed by atoms with Crippen LogP contribution in [0.3, 0.4) is 0 Å². The van der Waals surface area contributed by atoms with E-state index in [1.54, 1.807) is 12.1 Å². The van der Waals surface area contributed by atoms with Gasteiger partial charge < -0.3 is 27.2 Å². The Bertz CT molecular complexity index is 505. The van der Waals surface area contributed by atoms with Gasteiger partial charge in [-0.3, -0.25) is 9.59 Å². The van der Waals surface area contributed by atoms with Gasteiger partial charge in [-0.1, -0.05) is 15.9 Å². The van der Waals surface area contributed by atoms with Crippen LogP contribution in [0.15, 0.2) is 22.7 Å². The molecule has 7 nitrogen and oxygen atoms in total. The van der Waals surface area contributed by atoms with E-state index in [4.69, 9.17) is 11.5 Å². The summed E-state index contributed by atoms with van der Waals surface area (Å²) in [7, 11) is 0. The van der Waals surface area contributed by atoms with Gasteiger partial charge in [0, 0.05) is 30.7 Å². The van der Waals surface area contributed by atoms with Gasteiger partial charge in [0.25, 0.3) is 0 Å². The van der Waals surface area contributed by atoms with Gasteiger partial charge in [0.15, 0.2) is 0 Å². The van der Waals surface area contributed by atoms with Crippen LogP contribution >= 0.6 is 15.9 Å². The number of carbonyl (C=O) groups excluding carboxylic acids is 2. The Morgan fingerprint density at radius 3 is 2.18 bits per heavy atom. The van der Waals surface area contributed by atoms with Gasteiger partial charge in [0.2, 0.25) is 11.8 Å². The lowest BCUT2D eigenvalue weighted by atomic mass is 9.96. The number of hydrogen-bond acceptors (Lipinski definition) is 5. The van der Waals surface area contributed by atoms with Crippen molar-refractivity contribution in [2.75, 3.05) is 26.2 Å². The minimum absolute atomic E-state index is 0.0337. The number of hydrogen-bond donors (Lipinski definition) is 5. The molecule has 22 heavy (non-hydrogen) atoms. The Balaban J connectivity index is 2.91. The Kier molecular flexibility index (Phi) is 7.86. The number of amides is 2. The Labute approximate surface area is 137 Å². The second-order valence-electron chi connectivity index (χ2n) is 4.69. The number of nitrogens with one attached hydrogen (secondary N) is 2. The molecule has 0 bridgehead atoms. The second-order valence-corrected chi connectivity index (χ2v) is 5.60. The highest BCUT2D eigenvalue weighted by atomic mass is 79.9. The van der Waals surface area contributed by atoms with Crippen LogP contribution < -0.4 is 22.1 Å². The van der Waals surface area contributed by atoms with Crippen LogP contribution in [0.1, 0.15) is 5.56 Å². The lowest BCUT2D eigenvalue weighted by Crippen LogP contribution is -2.44. The van der Waals surface area contributed by atoms with Crippen molar-refractivity contribution < 1.29 is 14.7 Å². The molecule has 7 N–H and O–H groups in total. The fourth-order valence-corrected chi connectivity index (χ4v) is 2.29. The van der Waals surface area contributed by atoms with E-state index in [0.717, 1.165) is 4.47 Å². The third-order valence-electron chi connectivity index (χ3n) is 2.99. The number of carbonyl (C=O) groups is 2. The molecular formula is C14H21BrN4O3. The molecule has 1 rings (SSSR count). The van der Waals surface area contributed by atoms with Crippen molar-refractivity contribution in [1.29, 1.82) is 0 Å². The van der Waals surface area contributed by atoms with Crippen molar-refractivity contribution in [3.8, 4) is 5.75 Å². The average Bonchev–Trinajstić information content (AvgIpc) is 2.50. The Hall–Kier alpha value is -1.64. The maximum Gasteiger partial charge on any atom is 0.232 e. The lowest BCUT2D eigenvalue weighted by molar-refractivity contribution is -0.135. The largest absolute Gasteiger partial charge is 0.508 e. The number of halogens is 1. The van der Waals surface area contributed by atoms with E-state index in [2.05, 4.69) is 26.6 Å². The third kappa shape index (κ3) is 5.63.